The third kappa shape index (κ3) is 6.48. The van der Waals surface area contributed by atoms with Gasteiger partial charge in [0, 0.05) is 25.6 Å². The van der Waals surface area contributed by atoms with Gasteiger partial charge < -0.3 is 19.9 Å². The summed E-state index contributed by atoms with van der Waals surface area (Å²) in [5, 5.41) is 13.1. The normalized spacial score (nSPS) is 13.4. The minimum absolute atomic E-state index is 0.0396. The molecule has 1 unspecified atom stereocenters. The van der Waals surface area contributed by atoms with E-state index in [1.807, 2.05) is 6.07 Å². The van der Waals surface area contributed by atoms with Gasteiger partial charge in [-0.05, 0) is 5.56 Å². The third-order valence-electron chi connectivity index (χ3n) is 3.24. The monoisotopic (exact) mass is 281 g/mol. The molecule has 4 nitrogen and oxygen atoms in total. The van der Waals surface area contributed by atoms with E-state index in [1.165, 1.54) is 5.56 Å². The molecule has 4 heteroatoms. The molecule has 0 aliphatic carbocycles. The van der Waals surface area contributed by atoms with Gasteiger partial charge in [-0.25, -0.2) is 0 Å². The van der Waals surface area contributed by atoms with Gasteiger partial charge in [0.05, 0.1) is 25.9 Å². The Hall–Kier alpha value is -0.940. The van der Waals surface area contributed by atoms with Gasteiger partial charge in [0.2, 0.25) is 0 Å². The largest absolute Gasteiger partial charge is 0.389 e. The lowest BCUT2D eigenvalue weighted by Gasteiger charge is -2.26. The highest BCUT2D eigenvalue weighted by Crippen LogP contribution is 2.21. The van der Waals surface area contributed by atoms with Crippen LogP contribution in [-0.2, 0) is 14.9 Å². The van der Waals surface area contributed by atoms with E-state index in [4.69, 9.17) is 9.47 Å². The lowest BCUT2D eigenvalue weighted by Crippen LogP contribution is -2.38. The Bertz CT molecular complexity index is 354. The van der Waals surface area contributed by atoms with E-state index in [0.717, 1.165) is 6.54 Å². The Morgan fingerprint density at radius 3 is 2.55 bits per heavy atom. The van der Waals surface area contributed by atoms with Crippen LogP contribution in [-0.4, -0.2) is 51.2 Å². The van der Waals surface area contributed by atoms with Gasteiger partial charge >= 0.3 is 0 Å². The number of aliphatic hydroxyl groups is 1. The Balaban J connectivity index is 2.22. The van der Waals surface area contributed by atoms with Crippen LogP contribution in [0.1, 0.15) is 19.4 Å². The van der Waals surface area contributed by atoms with Gasteiger partial charge in [-0.3, -0.25) is 0 Å². The van der Waals surface area contributed by atoms with Crippen molar-refractivity contribution in [3.05, 3.63) is 35.9 Å². The molecule has 0 aliphatic heterocycles. The topological polar surface area (TPSA) is 50.7 Å². The van der Waals surface area contributed by atoms with Crippen LogP contribution in [0.25, 0.3) is 0 Å². The number of nitrogens with one attached hydrogen (secondary N) is 1. The van der Waals surface area contributed by atoms with Crippen LogP contribution in [0.3, 0.4) is 0 Å². The molecule has 0 saturated carbocycles. The second-order valence-electron chi connectivity index (χ2n) is 5.60. The van der Waals surface area contributed by atoms with Crippen LogP contribution >= 0.6 is 0 Å². The zero-order valence-electron chi connectivity index (χ0n) is 12.8. The molecule has 0 spiro atoms. The molecule has 0 saturated heterocycles. The molecule has 2 N–H and O–H groups in total. The van der Waals surface area contributed by atoms with Gasteiger partial charge in [-0.2, -0.15) is 0 Å². The molecule has 0 aliphatic rings. The second kappa shape index (κ2) is 9.08. The zero-order chi connectivity index (χ0) is 14.8. The molecule has 0 bridgehead atoms. The molecule has 20 heavy (non-hydrogen) atoms. The molecular weight excluding hydrogens is 254 g/mol. The van der Waals surface area contributed by atoms with E-state index in [9.17, 15) is 5.11 Å². The average molecular weight is 281 g/mol. The Morgan fingerprint density at radius 2 is 1.90 bits per heavy atom. The highest BCUT2D eigenvalue weighted by Gasteiger charge is 2.20. The molecule has 0 heterocycles. The summed E-state index contributed by atoms with van der Waals surface area (Å²) in [5.41, 5.74) is 1.33. The number of rotatable bonds is 10. The lowest BCUT2D eigenvalue weighted by molar-refractivity contribution is 0.0135. The number of hydrogen-bond donors (Lipinski definition) is 2. The molecule has 0 aromatic heterocycles. The Kier molecular flexibility index (Phi) is 7.77. The van der Waals surface area contributed by atoms with E-state index >= 15 is 0 Å². The highest BCUT2D eigenvalue weighted by molar-refractivity contribution is 5.23. The first-order valence-corrected chi connectivity index (χ1v) is 7.07. The molecule has 0 amide bonds. The summed E-state index contributed by atoms with van der Waals surface area (Å²) in [6.07, 6.45) is -0.488. The van der Waals surface area contributed by atoms with E-state index in [-0.39, 0.29) is 5.41 Å². The Morgan fingerprint density at radius 1 is 1.20 bits per heavy atom. The van der Waals surface area contributed by atoms with Gasteiger partial charge in [0.25, 0.3) is 0 Å². The Labute approximate surface area is 122 Å². The predicted octanol–water partition coefficient (Wildman–Crippen LogP) is 1.58. The fourth-order valence-electron chi connectivity index (χ4n) is 1.96. The average Bonchev–Trinajstić information content (AvgIpc) is 2.44. The van der Waals surface area contributed by atoms with Crippen LogP contribution in [0.5, 0.6) is 0 Å². The molecule has 1 aromatic rings. The number of hydrogen-bond acceptors (Lipinski definition) is 4. The highest BCUT2D eigenvalue weighted by atomic mass is 16.5. The predicted molar refractivity (Wildman–Crippen MR) is 81.0 cm³/mol. The van der Waals surface area contributed by atoms with E-state index in [2.05, 4.69) is 43.4 Å². The van der Waals surface area contributed by atoms with Crippen molar-refractivity contribution < 1.29 is 14.6 Å². The molecule has 114 valence electrons. The summed E-state index contributed by atoms with van der Waals surface area (Å²) in [6, 6.07) is 10.4. The summed E-state index contributed by atoms with van der Waals surface area (Å²) in [5.74, 6) is 0. The quantitative estimate of drug-likeness (QED) is 0.639. The first kappa shape index (κ1) is 17.1. The van der Waals surface area contributed by atoms with Crippen molar-refractivity contribution in [2.24, 2.45) is 0 Å². The van der Waals surface area contributed by atoms with Crippen LogP contribution in [0, 0.1) is 0 Å². The first-order valence-electron chi connectivity index (χ1n) is 7.07. The molecule has 1 atom stereocenters. The molecular formula is C16H27NO3. The standard InChI is InChI=1S/C16H27NO3/c1-16(2,14-7-5-4-6-8-14)13-17-11-15(18)12-20-10-9-19-3/h4-8,15,17-18H,9-13H2,1-3H3. The van der Waals surface area contributed by atoms with Gasteiger partial charge in [0.15, 0.2) is 0 Å². The van der Waals surface area contributed by atoms with Crippen molar-refractivity contribution in [1.82, 2.24) is 5.32 Å². The number of methoxy groups -OCH3 is 1. The molecule has 1 aromatic carbocycles. The summed E-state index contributed by atoms with van der Waals surface area (Å²) >= 11 is 0. The SMILES string of the molecule is COCCOCC(O)CNCC(C)(C)c1ccccc1. The van der Waals surface area contributed by atoms with Crippen molar-refractivity contribution in [2.75, 3.05) is 40.0 Å². The van der Waals surface area contributed by atoms with Crippen LogP contribution in [0.2, 0.25) is 0 Å². The number of aliphatic hydroxyl groups excluding tert-OH is 1. The second-order valence-corrected chi connectivity index (χ2v) is 5.60. The maximum Gasteiger partial charge on any atom is 0.0897 e. The van der Waals surface area contributed by atoms with Gasteiger partial charge in [0.1, 0.15) is 0 Å². The zero-order valence-corrected chi connectivity index (χ0v) is 12.8. The van der Waals surface area contributed by atoms with E-state index in [1.54, 1.807) is 7.11 Å². The summed E-state index contributed by atoms with van der Waals surface area (Å²) < 4.78 is 10.2. The van der Waals surface area contributed by atoms with Crippen molar-refractivity contribution >= 4 is 0 Å². The molecule has 0 radical (unpaired) electrons. The van der Waals surface area contributed by atoms with E-state index < -0.39 is 6.10 Å². The number of benzene rings is 1. The fourth-order valence-corrected chi connectivity index (χ4v) is 1.96. The number of ether oxygens (including phenoxy) is 2. The third-order valence-corrected chi connectivity index (χ3v) is 3.24. The van der Waals surface area contributed by atoms with Crippen molar-refractivity contribution in [3.63, 3.8) is 0 Å². The van der Waals surface area contributed by atoms with Crippen LogP contribution < -0.4 is 5.32 Å². The summed E-state index contributed by atoms with van der Waals surface area (Å²) in [6.45, 7) is 7.13. The fraction of sp³-hybridized carbons (Fsp3) is 0.625. The van der Waals surface area contributed by atoms with Crippen molar-refractivity contribution in [2.45, 2.75) is 25.4 Å². The van der Waals surface area contributed by atoms with Crippen LogP contribution in [0.15, 0.2) is 30.3 Å². The van der Waals surface area contributed by atoms with Gasteiger partial charge in [-0.1, -0.05) is 44.2 Å². The smallest absolute Gasteiger partial charge is 0.0897 e. The van der Waals surface area contributed by atoms with Crippen molar-refractivity contribution in [1.29, 1.82) is 0 Å². The minimum atomic E-state index is -0.488. The van der Waals surface area contributed by atoms with Crippen molar-refractivity contribution in [3.8, 4) is 0 Å². The minimum Gasteiger partial charge on any atom is -0.389 e. The van der Waals surface area contributed by atoms with Gasteiger partial charge in [-0.15, -0.1) is 0 Å². The maximum absolute atomic E-state index is 9.79. The van der Waals surface area contributed by atoms with Crippen LogP contribution in [0.4, 0.5) is 0 Å². The lowest BCUT2D eigenvalue weighted by atomic mass is 9.84. The molecule has 0 fully saturated rings. The molecule has 1 rings (SSSR count). The summed E-state index contributed by atoms with van der Waals surface area (Å²) in [4.78, 5) is 0. The summed E-state index contributed by atoms with van der Waals surface area (Å²) in [7, 11) is 1.63. The maximum atomic E-state index is 9.79. The first-order chi connectivity index (χ1) is 9.56. The van der Waals surface area contributed by atoms with E-state index in [0.29, 0.717) is 26.4 Å².